The first-order valence-corrected chi connectivity index (χ1v) is 10.5. The van der Waals surface area contributed by atoms with E-state index in [1.165, 1.54) is 12.1 Å². The summed E-state index contributed by atoms with van der Waals surface area (Å²) in [5, 5.41) is 1.01. The molecule has 1 fully saturated rings. The number of fused-ring (bicyclic) bond motifs is 1. The van der Waals surface area contributed by atoms with Gasteiger partial charge in [-0.2, -0.15) is 13.2 Å². The normalized spacial score (nSPS) is 16.3. The Morgan fingerprint density at radius 2 is 1.90 bits per heavy atom. The number of carbonyl (C=O) groups is 1. The molecule has 0 unspecified atom stereocenters. The molecule has 0 spiro atoms. The Hall–Kier alpha value is -2.58. The zero-order valence-electron chi connectivity index (χ0n) is 15.9. The van der Waals surface area contributed by atoms with E-state index in [0.717, 1.165) is 58.2 Å². The van der Waals surface area contributed by atoms with Crippen LogP contribution in [0.15, 0.2) is 59.6 Å². The Balaban J connectivity index is 1.72. The smallest absolute Gasteiger partial charge is 0.347 e. The number of halogens is 3. The maximum Gasteiger partial charge on any atom is 0.416 e. The number of alkyl halides is 3. The molecule has 1 aliphatic rings. The molecule has 0 saturated carbocycles. The average Bonchev–Trinajstić information content (AvgIpc) is 3.19. The molecule has 4 rings (SSSR count). The average molecular weight is 447 g/mol. The third-order valence-electron chi connectivity index (χ3n) is 4.80. The third-order valence-corrected chi connectivity index (χ3v) is 6.10. The van der Waals surface area contributed by atoms with E-state index in [1.54, 1.807) is 6.08 Å². The fraction of sp³-hybridized carbons (Fsp3) is 0.182. The van der Waals surface area contributed by atoms with Crippen LogP contribution in [-0.2, 0) is 17.5 Å². The van der Waals surface area contributed by atoms with Crippen LogP contribution in [0.4, 0.5) is 18.9 Å². The molecule has 3 nitrogen and oxygen atoms in total. The molecular weight excluding hydrogens is 429 g/mol. The molecule has 0 aliphatic carbocycles. The molecule has 0 N–H and O–H groups in total. The van der Waals surface area contributed by atoms with E-state index < -0.39 is 17.6 Å². The lowest BCUT2D eigenvalue weighted by molar-refractivity contribution is -0.137. The van der Waals surface area contributed by atoms with Crippen molar-refractivity contribution < 1.29 is 18.0 Å². The standard InChI is InChI=1S/C22H17F3N2OS2/c1-2-10-26-13-14(17-8-3-4-9-18(17)26)11-19-20(28)27(21(29)30-19)16-7-5-6-15(12-16)22(23,24)25/h3-9,11-13H,2,10H2,1H3/b19-11+. The van der Waals surface area contributed by atoms with Gasteiger partial charge in [-0.3, -0.25) is 9.69 Å². The fourth-order valence-corrected chi connectivity index (χ4v) is 4.76. The van der Waals surface area contributed by atoms with E-state index >= 15 is 0 Å². The Morgan fingerprint density at radius 3 is 2.63 bits per heavy atom. The summed E-state index contributed by atoms with van der Waals surface area (Å²) in [5.74, 6) is -0.420. The van der Waals surface area contributed by atoms with Crippen molar-refractivity contribution >= 4 is 56.9 Å². The number of aromatic nitrogens is 1. The van der Waals surface area contributed by atoms with Crippen LogP contribution in [-0.4, -0.2) is 14.8 Å². The van der Waals surface area contributed by atoms with Crippen molar-refractivity contribution in [1.82, 2.24) is 4.57 Å². The van der Waals surface area contributed by atoms with Crippen molar-refractivity contribution in [2.75, 3.05) is 4.90 Å². The van der Waals surface area contributed by atoms with Crippen LogP contribution in [0, 0.1) is 0 Å². The quantitative estimate of drug-likeness (QED) is 0.339. The van der Waals surface area contributed by atoms with Gasteiger partial charge in [0.15, 0.2) is 4.32 Å². The second-order valence-corrected chi connectivity index (χ2v) is 8.54. The van der Waals surface area contributed by atoms with Gasteiger partial charge in [-0.05, 0) is 36.8 Å². The Labute approximate surface area is 181 Å². The number of nitrogens with zero attached hydrogens (tertiary/aromatic N) is 2. The van der Waals surface area contributed by atoms with Crippen LogP contribution >= 0.6 is 24.0 Å². The van der Waals surface area contributed by atoms with Gasteiger partial charge in [0.2, 0.25) is 0 Å². The van der Waals surface area contributed by atoms with Crippen LogP contribution in [0.5, 0.6) is 0 Å². The van der Waals surface area contributed by atoms with Gasteiger partial charge < -0.3 is 4.57 Å². The summed E-state index contributed by atoms with van der Waals surface area (Å²) in [6.07, 6.45) is 0.232. The predicted octanol–water partition coefficient (Wildman–Crippen LogP) is 6.48. The third kappa shape index (κ3) is 3.77. The summed E-state index contributed by atoms with van der Waals surface area (Å²) in [6, 6.07) is 12.6. The molecule has 154 valence electrons. The lowest BCUT2D eigenvalue weighted by atomic mass is 10.1. The molecule has 1 amide bonds. The minimum atomic E-state index is -4.49. The zero-order chi connectivity index (χ0) is 21.5. The van der Waals surface area contributed by atoms with Crippen LogP contribution in [0.2, 0.25) is 0 Å². The van der Waals surface area contributed by atoms with Gasteiger partial charge in [-0.1, -0.05) is 55.2 Å². The molecule has 30 heavy (non-hydrogen) atoms. The highest BCUT2D eigenvalue weighted by molar-refractivity contribution is 8.27. The number of benzene rings is 2. The number of thioether (sulfide) groups is 1. The number of hydrogen-bond donors (Lipinski definition) is 0. The van der Waals surface area contributed by atoms with E-state index in [4.69, 9.17) is 12.2 Å². The molecule has 1 aliphatic heterocycles. The first-order chi connectivity index (χ1) is 14.3. The second kappa shape index (κ2) is 7.92. The Bertz CT molecular complexity index is 1180. The molecule has 0 radical (unpaired) electrons. The molecule has 1 aromatic heterocycles. The van der Waals surface area contributed by atoms with Gasteiger partial charge in [0, 0.05) is 29.2 Å². The minimum absolute atomic E-state index is 0.115. The van der Waals surface area contributed by atoms with Crippen molar-refractivity contribution in [1.29, 1.82) is 0 Å². The highest BCUT2D eigenvalue weighted by Crippen LogP contribution is 2.39. The summed E-state index contributed by atoms with van der Waals surface area (Å²) in [7, 11) is 0. The van der Waals surface area contributed by atoms with Crippen LogP contribution < -0.4 is 4.90 Å². The maximum absolute atomic E-state index is 13.1. The Kier molecular flexibility index (Phi) is 5.46. The first kappa shape index (κ1) is 20.7. The van der Waals surface area contributed by atoms with E-state index in [2.05, 4.69) is 11.5 Å². The highest BCUT2D eigenvalue weighted by atomic mass is 32.2. The number of hydrogen-bond acceptors (Lipinski definition) is 3. The molecule has 0 atom stereocenters. The summed E-state index contributed by atoms with van der Waals surface area (Å²) >= 11 is 6.41. The maximum atomic E-state index is 13.1. The van der Waals surface area contributed by atoms with Gasteiger partial charge in [-0.25, -0.2) is 0 Å². The molecular formula is C22H17F3N2OS2. The van der Waals surface area contributed by atoms with Crippen molar-refractivity contribution in [2.24, 2.45) is 0 Å². The predicted molar refractivity (Wildman–Crippen MR) is 119 cm³/mol. The van der Waals surface area contributed by atoms with Crippen LogP contribution in [0.3, 0.4) is 0 Å². The summed E-state index contributed by atoms with van der Waals surface area (Å²) in [6.45, 7) is 2.94. The molecule has 2 aromatic carbocycles. The number of rotatable bonds is 4. The van der Waals surface area contributed by atoms with Crippen LogP contribution in [0.1, 0.15) is 24.5 Å². The van der Waals surface area contributed by atoms with E-state index in [1.807, 2.05) is 30.5 Å². The fourth-order valence-electron chi connectivity index (χ4n) is 3.47. The second-order valence-electron chi connectivity index (χ2n) is 6.86. The number of para-hydroxylation sites is 1. The van der Waals surface area contributed by atoms with E-state index in [0.29, 0.717) is 4.91 Å². The largest absolute Gasteiger partial charge is 0.416 e. The number of anilines is 1. The zero-order valence-corrected chi connectivity index (χ0v) is 17.6. The van der Waals surface area contributed by atoms with E-state index in [-0.39, 0.29) is 10.0 Å². The topological polar surface area (TPSA) is 25.2 Å². The number of amides is 1. The van der Waals surface area contributed by atoms with Gasteiger partial charge in [-0.15, -0.1) is 0 Å². The number of aryl methyl sites for hydroxylation is 1. The number of carbonyl (C=O) groups excluding carboxylic acids is 1. The lowest BCUT2D eigenvalue weighted by Gasteiger charge is -2.16. The van der Waals surface area contributed by atoms with Gasteiger partial charge in [0.25, 0.3) is 5.91 Å². The lowest BCUT2D eigenvalue weighted by Crippen LogP contribution is -2.27. The van der Waals surface area contributed by atoms with Crippen molar-refractivity contribution in [3.05, 3.63) is 70.8 Å². The highest BCUT2D eigenvalue weighted by Gasteiger charge is 2.36. The summed E-state index contributed by atoms with van der Waals surface area (Å²) in [5.41, 5.74) is 1.24. The van der Waals surface area contributed by atoms with Gasteiger partial charge >= 0.3 is 6.18 Å². The first-order valence-electron chi connectivity index (χ1n) is 9.32. The molecule has 8 heteroatoms. The minimum Gasteiger partial charge on any atom is -0.347 e. The molecule has 0 bridgehead atoms. The Morgan fingerprint density at radius 1 is 1.13 bits per heavy atom. The monoisotopic (exact) mass is 446 g/mol. The van der Waals surface area contributed by atoms with Crippen molar-refractivity contribution in [2.45, 2.75) is 26.1 Å². The summed E-state index contributed by atoms with van der Waals surface area (Å²) in [4.78, 5) is 14.6. The summed E-state index contributed by atoms with van der Waals surface area (Å²) < 4.78 is 41.6. The SMILES string of the molecule is CCCn1cc(/C=C2/SC(=S)N(c3cccc(C(F)(F)F)c3)C2=O)c2ccccc21. The molecule has 1 saturated heterocycles. The van der Waals surface area contributed by atoms with Gasteiger partial charge in [0.1, 0.15) is 0 Å². The molecule has 3 aromatic rings. The van der Waals surface area contributed by atoms with Crippen molar-refractivity contribution in [3.8, 4) is 0 Å². The van der Waals surface area contributed by atoms with Crippen LogP contribution in [0.25, 0.3) is 17.0 Å². The molecule has 2 heterocycles. The number of thiocarbonyl (C=S) groups is 1. The van der Waals surface area contributed by atoms with Crippen molar-refractivity contribution in [3.63, 3.8) is 0 Å². The van der Waals surface area contributed by atoms with Gasteiger partial charge in [0.05, 0.1) is 16.2 Å². The van der Waals surface area contributed by atoms with E-state index in [9.17, 15) is 18.0 Å².